The summed E-state index contributed by atoms with van der Waals surface area (Å²) in [6.45, 7) is 0.393. The van der Waals surface area contributed by atoms with Crippen molar-refractivity contribution in [3.05, 3.63) is 64.6 Å². The van der Waals surface area contributed by atoms with Gasteiger partial charge in [-0.25, -0.2) is 4.79 Å². The Hall–Kier alpha value is -2.93. The minimum Gasteiger partial charge on any atom is -0.479 e. The lowest BCUT2D eigenvalue weighted by molar-refractivity contribution is -0.150. The lowest BCUT2D eigenvalue weighted by Crippen LogP contribution is -2.33. The first-order valence-electron chi connectivity index (χ1n) is 7.97. The molecule has 2 atom stereocenters. The fourth-order valence-corrected chi connectivity index (χ4v) is 2.76. The molecule has 1 aromatic carbocycles. The van der Waals surface area contributed by atoms with Gasteiger partial charge < -0.3 is 19.7 Å². The Balaban J connectivity index is 1.71. The average Bonchev–Trinajstić information content (AvgIpc) is 3.10. The molecule has 25 heavy (non-hydrogen) atoms. The molecule has 1 aliphatic rings. The lowest BCUT2D eigenvalue weighted by Gasteiger charge is -2.13. The van der Waals surface area contributed by atoms with Gasteiger partial charge in [0.1, 0.15) is 11.8 Å². The number of benzene rings is 1. The van der Waals surface area contributed by atoms with Gasteiger partial charge in [-0.3, -0.25) is 9.59 Å². The zero-order valence-electron chi connectivity index (χ0n) is 13.4. The quantitative estimate of drug-likeness (QED) is 0.857. The maximum Gasteiger partial charge on any atom is 0.332 e. The van der Waals surface area contributed by atoms with E-state index < -0.39 is 24.1 Å². The SMILES string of the molecule is O=C(Nc1cccn(Cc2ccccc2)c1=O)[C@@H]1CC[C@H](C(=O)O)O1. The average molecular weight is 342 g/mol. The third-order valence-electron chi connectivity index (χ3n) is 4.06. The summed E-state index contributed by atoms with van der Waals surface area (Å²) < 4.78 is 6.70. The number of rotatable bonds is 5. The lowest BCUT2D eigenvalue weighted by atomic mass is 10.2. The number of carboxylic acid groups (broad SMARTS) is 1. The van der Waals surface area contributed by atoms with Gasteiger partial charge in [0, 0.05) is 6.20 Å². The van der Waals surface area contributed by atoms with Crippen molar-refractivity contribution in [1.29, 1.82) is 0 Å². The molecule has 0 unspecified atom stereocenters. The first-order valence-corrected chi connectivity index (χ1v) is 7.97. The molecule has 0 saturated carbocycles. The molecule has 0 bridgehead atoms. The molecule has 1 aliphatic heterocycles. The minimum atomic E-state index is -1.08. The Labute approximate surface area is 143 Å². The third kappa shape index (κ3) is 3.95. The molecule has 2 N–H and O–H groups in total. The Kier molecular flexibility index (Phi) is 4.95. The van der Waals surface area contributed by atoms with E-state index in [1.165, 1.54) is 10.6 Å². The van der Waals surface area contributed by atoms with Crippen LogP contribution >= 0.6 is 0 Å². The van der Waals surface area contributed by atoms with Crippen LogP contribution in [0.4, 0.5) is 5.69 Å². The summed E-state index contributed by atoms with van der Waals surface area (Å²) in [5.74, 6) is -1.58. The number of carbonyl (C=O) groups excluding carboxylic acids is 1. The van der Waals surface area contributed by atoms with Crippen molar-refractivity contribution >= 4 is 17.6 Å². The predicted octanol–water partition coefficient (Wildman–Crippen LogP) is 1.47. The van der Waals surface area contributed by atoms with Crippen LogP contribution in [0.15, 0.2) is 53.5 Å². The highest BCUT2D eigenvalue weighted by Crippen LogP contribution is 2.20. The number of pyridine rings is 1. The zero-order valence-corrected chi connectivity index (χ0v) is 13.4. The van der Waals surface area contributed by atoms with Crippen molar-refractivity contribution in [2.75, 3.05) is 5.32 Å². The predicted molar refractivity (Wildman–Crippen MR) is 90.4 cm³/mol. The number of nitrogens with one attached hydrogen (secondary N) is 1. The van der Waals surface area contributed by atoms with E-state index in [-0.39, 0.29) is 17.7 Å². The van der Waals surface area contributed by atoms with E-state index in [0.717, 1.165) is 5.56 Å². The minimum absolute atomic E-state index is 0.144. The van der Waals surface area contributed by atoms with Gasteiger partial charge in [0.15, 0.2) is 6.10 Å². The molecular formula is C18H18N2O5. The topological polar surface area (TPSA) is 97.6 Å². The molecular weight excluding hydrogens is 324 g/mol. The fraction of sp³-hybridized carbons (Fsp3) is 0.278. The number of ether oxygens (including phenoxy) is 1. The highest BCUT2D eigenvalue weighted by atomic mass is 16.5. The molecule has 0 aliphatic carbocycles. The summed E-state index contributed by atoms with van der Waals surface area (Å²) in [5.41, 5.74) is 0.787. The Morgan fingerprint density at radius 1 is 1.12 bits per heavy atom. The molecule has 1 amide bonds. The fourth-order valence-electron chi connectivity index (χ4n) is 2.76. The number of aliphatic carboxylic acids is 1. The molecule has 2 aromatic rings. The molecule has 130 valence electrons. The molecule has 7 nitrogen and oxygen atoms in total. The number of carboxylic acids is 1. The molecule has 0 radical (unpaired) electrons. The number of anilines is 1. The van der Waals surface area contributed by atoms with Crippen LogP contribution in [0.1, 0.15) is 18.4 Å². The van der Waals surface area contributed by atoms with Crippen LogP contribution in [-0.2, 0) is 20.9 Å². The summed E-state index contributed by atoms with van der Waals surface area (Å²) >= 11 is 0. The van der Waals surface area contributed by atoms with Gasteiger partial charge in [-0.2, -0.15) is 0 Å². The van der Waals surface area contributed by atoms with Crippen molar-refractivity contribution in [3.63, 3.8) is 0 Å². The Bertz CT molecular complexity index is 831. The number of carbonyl (C=O) groups is 2. The monoisotopic (exact) mass is 342 g/mol. The number of hydrogen-bond donors (Lipinski definition) is 2. The van der Waals surface area contributed by atoms with Crippen molar-refractivity contribution in [3.8, 4) is 0 Å². The van der Waals surface area contributed by atoms with Crippen molar-refractivity contribution in [1.82, 2.24) is 4.57 Å². The Morgan fingerprint density at radius 2 is 1.84 bits per heavy atom. The number of aromatic nitrogens is 1. The van der Waals surface area contributed by atoms with Gasteiger partial charge >= 0.3 is 5.97 Å². The smallest absolute Gasteiger partial charge is 0.332 e. The van der Waals surface area contributed by atoms with Crippen LogP contribution in [0.5, 0.6) is 0 Å². The van der Waals surface area contributed by atoms with Crippen LogP contribution in [0.25, 0.3) is 0 Å². The maximum absolute atomic E-state index is 12.5. The second kappa shape index (κ2) is 7.31. The second-order valence-corrected chi connectivity index (χ2v) is 5.86. The van der Waals surface area contributed by atoms with Gasteiger partial charge in [0.05, 0.1) is 6.54 Å². The van der Waals surface area contributed by atoms with Gasteiger partial charge in [-0.05, 0) is 30.5 Å². The van der Waals surface area contributed by atoms with Crippen LogP contribution in [0.3, 0.4) is 0 Å². The standard InChI is InChI=1S/C18H18N2O5/c21-16(14-8-9-15(25-14)18(23)24)19-13-7-4-10-20(17(13)22)11-12-5-2-1-3-6-12/h1-7,10,14-15H,8-9,11H2,(H,19,21)(H,23,24)/t14-,15+/m0/s1. The number of amides is 1. The van der Waals surface area contributed by atoms with E-state index in [2.05, 4.69) is 5.32 Å². The molecule has 0 spiro atoms. The van der Waals surface area contributed by atoms with Crippen LogP contribution in [0, 0.1) is 0 Å². The molecule has 7 heteroatoms. The summed E-state index contributed by atoms with van der Waals surface area (Å²) in [5, 5.41) is 11.5. The van der Waals surface area contributed by atoms with Crippen molar-refractivity contribution in [2.24, 2.45) is 0 Å². The van der Waals surface area contributed by atoms with E-state index >= 15 is 0 Å². The van der Waals surface area contributed by atoms with E-state index in [1.54, 1.807) is 12.3 Å². The van der Waals surface area contributed by atoms with Crippen molar-refractivity contribution < 1.29 is 19.4 Å². The first kappa shape index (κ1) is 16.9. The van der Waals surface area contributed by atoms with E-state index in [1.807, 2.05) is 30.3 Å². The normalized spacial score (nSPS) is 19.5. The first-order chi connectivity index (χ1) is 12.0. The molecule has 2 heterocycles. The largest absolute Gasteiger partial charge is 0.479 e. The van der Waals surface area contributed by atoms with Crippen LogP contribution < -0.4 is 10.9 Å². The van der Waals surface area contributed by atoms with E-state index in [4.69, 9.17) is 9.84 Å². The third-order valence-corrected chi connectivity index (χ3v) is 4.06. The molecule has 1 saturated heterocycles. The zero-order chi connectivity index (χ0) is 17.8. The highest BCUT2D eigenvalue weighted by molar-refractivity contribution is 5.94. The number of nitrogens with zero attached hydrogens (tertiary/aromatic N) is 1. The second-order valence-electron chi connectivity index (χ2n) is 5.86. The van der Waals surface area contributed by atoms with Crippen molar-refractivity contribution in [2.45, 2.75) is 31.6 Å². The van der Waals surface area contributed by atoms with Gasteiger partial charge in [-0.1, -0.05) is 30.3 Å². The summed E-state index contributed by atoms with van der Waals surface area (Å²) in [4.78, 5) is 35.6. The highest BCUT2D eigenvalue weighted by Gasteiger charge is 2.34. The van der Waals surface area contributed by atoms with E-state index in [9.17, 15) is 14.4 Å². The summed E-state index contributed by atoms with van der Waals surface area (Å²) in [7, 11) is 0. The van der Waals surface area contributed by atoms with Gasteiger partial charge in [0.25, 0.3) is 11.5 Å². The van der Waals surface area contributed by atoms with Gasteiger partial charge in [-0.15, -0.1) is 0 Å². The Morgan fingerprint density at radius 3 is 2.52 bits per heavy atom. The van der Waals surface area contributed by atoms with Crippen LogP contribution in [0.2, 0.25) is 0 Å². The van der Waals surface area contributed by atoms with Crippen LogP contribution in [-0.4, -0.2) is 33.8 Å². The summed E-state index contributed by atoms with van der Waals surface area (Å²) in [6.07, 6.45) is 0.413. The van der Waals surface area contributed by atoms with E-state index in [0.29, 0.717) is 13.0 Å². The van der Waals surface area contributed by atoms with Gasteiger partial charge in [0.2, 0.25) is 0 Å². The molecule has 3 rings (SSSR count). The molecule has 1 aromatic heterocycles. The maximum atomic E-state index is 12.5. The number of hydrogen-bond acceptors (Lipinski definition) is 4. The summed E-state index contributed by atoms with van der Waals surface area (Å²) in [6, 6.07) is 12.7. The molecule has 1 fully saturated rings.